The van der Waals surface area contributed by atoms with Crippen LogP contribution in [0.4, 0.5) is 0 Å². The summed E-state index contributed by atoms with van der Waals surface area (Å²) in [4.78, 5) is 0. The summed E-state index contributed by atoms with van der Waals surface area (Å²) in [5.41, 5.74) is 1.02. The topological polar surface area (TPSA) is 45.5 Å². The maximum absolute atomic E-state index is 5.71. The normalized spacial score (nSPS) is 10.3. The molecule has 1 aromatic carbocycles. The Morgan fingerprint density at radius 1 is 1.15 bits per heavy atom. The molecule has 2 aromatic rings. The minimum atomic E-state index is 0.470. The van der Waals surface area contributed by atoms with Crippen molar-refractivity contribution < 1.29 is 14.2 Å². The van der Waals surface area contributed by atoms with Crippen molar-refractivity contribution in [3.63, 3.8) is 0 Å². The second-order valence-electron chi connectivity index (χ2n) is 4.42. The second kappa shape index (κ2) is 6.84. The molecule has 0 aliphatic rings. The number of ether oxygens (including phenoxy) is 3. The van der Waals surface area contributed by atoms with Crippen LogP contribution in [0.15, 0.2) is 30.6 Å². The first-order valence-electron chi connectivity index (χ1n) is 6.63. The summed E-state index contributed by atoms with van der Waals surface area (Å²) in [6.07, 6.45) is 4.69. The summed E-state index contributed by atoms with van der Waals surface area (Å²) < 4.78 is 18.1. The highest BCUT2D eigenvalue weighted by Gasteiger charge is 2.05. The first kappa shape index (κ1) is 14.2. The molecular weight excluding hydrogens is 256 g/mol. The van der Waals surface area contributed by atoms with Gasteiger partial charge in [0.15, 0.2) is 17.2 Å². The predicted molar refractivity (Wildman–Crippen MR) is 76.4 cm³/mol. The van der Waals surface area contributed by atoms with Gasteiger partial charge in [0, 0.05) is 6.54 Å². The lowest BCUT2D eigenvalue weighted by Gasteiger charge is -2.09. The zero-order valence-corrected chi connectivity index (χ0v) is 12.1. The van der Waals surface area contributed by atoms with Crippen molar-refractivity contribution in [3.8, 4) is 17.2 Å². The Morgan fingerprint density at radius 3 is 2.65 bits per heavy atom. The Kier molecular flexibility index (Phi) is 4.87. The van der Waals surface area contributed by atoms with Crippen LogP contribution in [0.1, 0.15) is 18.9 Å². The Labute approximate surface area is 119 Å². The van der Waals surface area contributed by atoms with Gasteiger partial charge in [0.1, 0.15) is 6.61 Å². The summed E-state index contributed by atoms with van der Waals surface area (Å²) in [6.45, 7) is 3.49. The molecule has 1 heterocycles. The monoisotopic (exact) mass is 276 g/mol. The van der Waals surface area contributed by atoms with E-state index in [4.69, 9.17) is 14.2 Å². The van der Waals surface area contributed by atoms with Crippen molar-refractivity contribution in [2.45, 2.75) is 26.5 Å². The largest absolute Gasteiger partial charge is 0.493 e. The number of hydrogen-bond acceptors (Lipinski definition) is 4. The number of aryl methyl sites for hydroxylation is 1. The quantitative estimate of drug-likeness (QED) is 0.780. The zero-order chi connectivity index (χ0) is 14.4. The molecule has 1 aromatic heterocycles. The average Bonchev–Trinajstić information content (AvgIpc) is 2.93. The number of hydrogen-bond donors (Lipinski definition) is 0. The highest BCUT2D eigenvalue weighted by molar-refractivity contribution is 5.42. The van der Waals surface area contributed by atoms with Crippen LogP contribution >= 0.6 is 0 Å². The van der Waals surface area contributed by atoms with E-state index in [1.165, 1.54) is 0 Å². The zero-order valence-electron chi connectivity index (χ0n) is 12.1. The van der Waals surface area contributed by atoms with E-state index in [1.54, 1.807) is 20.4 Å². The van der Waals surface area contributed by atoms with Crippen LogP contribution in [0.5, 0.6) is 17.2 Å². The third-order valence-electron chi connectivity index (χ3n) is 2.92. The maximum Gasteiger partial charge on any atom is 0.161 e. The SMILES string of the molecule is CCCn1cc(OCc2ccc(OC)c(OC)c2)cn1. The van der Waals surface area contributed by atoms with Gasteiger partial charge in [0.25, 0.3) is 0 Å². The summed E-state index contributed by atoms with van der Waals surface area (Å²) in [7, 11) is 3.24. The molecule has 20 heavy (non-hydrogen) atoms. The molecular formula is C15H20N2O3. The van der Waals surface area contributed by atoms with Crippen LogP contribution in [-0.4, -0.2) is 24.0 Å². The van der Waals surface area contributed by atoms with Gasteiger partial charge in [-0.3, -0.25) is 4.68 Å². The molecule has 0 spiro atoms. The van der Waals surface area contributed by atoms with Crippen LogP contribution in [0.25, 0.3) is 0 Å². The molecule has 0 aliphatic carbocycles. The van der Waals surface area contributed by atoms with Crippen molar-refractivity contribution >= 4 is 0 Å². The lowest BCUT2D eigenvalue weighted by Crippen LogP contribution is -1.98. The van der Waals surface area contributed by atoms with Crippen LogP contribution < -0.4 is 14.2 Å². The van der Waals surface area contributed by atoms with E-state index in [0.717, 1.165) is 24.3 Å². The van der Waals surface area contributed by atoms with Crippen LogP contribution in [0.2, 0.25) is 0 Å². The molecule has 0 atom stereocenters. The van der Waals surface area contributed by atoms with Gasteiger partial charge in [-0.15, -0.1) is 0 Å². The molecule has 0 bridgehead atoms. The van der Waals surface area contributed by atoms with E-state index in [-0.39, 0.29) is 0 Å². The van der Waals surface area contributed by atoms with Crippen molar-refractivity contribution in [3.05, 3.63) is 36.2 Å². The Bertz CT molecular complexity index is 552. The van der Waals surface area contributed by atoms with Gasteiger partial charge in [-0.1, -0.05) is 13.0 Å². The first-order chi connectivity index (χ1) is 9.76. The minimum Gasteiger partial charge on any atom is -0.493 e. The summed E-state index contributed by atoms with van der Waals surface area (Å²) >= 11 is 0. The highest BCUT2D eigenvalue weighted by Crippen LogP contribution is 2.28. The number of benzene rings is 1. The fraction of sp³-hybridized carbons (Fsp3) is 0.400. The van der Waals surface area contributed by atoms with Gasteiger partial charge >= 0.3 is 0 Å². The number of aromatic nitrogens is 2. The van der Waals surface area contributed by atoms with Gasteiger partial charge in [0.05, 0.1) is 26.6 Å². The van der Waals surface area contributed by atoms with Crippen molar-refractivity contribution in [2.24, 2.45) is 0 Å². The fourth-order valence-electron chi connectivity index (χ4n) is 1.91. The molecule has 0 saturated carbocycles. The van der Waals surface area contributed by atoms with Gasteiger partial charge in [-0.25, -0.2) is 0 Å². The molecule has 108 valence electrons. The molecule has 0 aliphatic heterocycles. The Balaban J connectivity index is 1.99. The van der Waals surface area contributed by atoms with Gasteiger partial charge in [-0.2, -0.15) is 5.10 Å². The van der Waals surface area contributed by atoms with Gasteiger partial charge in [0.2, 0.25) is 0 Å². The second-order valence-corrected chi connectivity index (χ2v) is 4.42. The molecule has 2 rings (SSSR count). The van der Waals surface area contributed by atoms with E-state index in [9.17, 15) is 0 Å². The van der Waals surface area contributed by atoms with E-state index in [2.05, 4.69) is 12.0 Å². The summed E-state index contributed by atoms with van der Waals surface area (Å²) in [5.74, 6) is 2.19. The molecule has 5 heteroatoms. The number of methoxy groups -OCH3 is 2. The van der Waals surface area contributed by atoms with E-state index in [0.29, 0.717) is 18.1 Å². The third-order valence-corrected chi connectivity index (χ3v) is 2.92. The van der Waals surface area contributed by atoms with Crippen LogP contribution in [0, 0.1) is 0 Å². The maximum atomic E-state index is 5.71. The molecule has 5 nitrogen and oxygen atoms in total. The molecule has 0 radical (unpaired) electrons. The van der Waals surface area contributed by atoms with Gasteiger partial charge < -0.3 is 14.2 Å². The Morgan fingerprint density at radius 2 is 1.95 bits per heavy atom. The van der Waals surface area contributed by atoms with E-state index < -0.39 is 0 Å². The molecule has 0 fully saturated rings. The van der Waals surface area contributed by atoms with Crippen LogP contribution in [0.3, 0.4) is 0 Å². The van der Waals surface area contributed by atoms with Crippen molar-refractivity contribution in [1.29, 1.82) is 0 Å². The lowest BCUT2D eigenvalue weighted by atomic mass is 10.2. The van der Waals surface area contributed by atoms with Gasteiger partial charge in [-0.05, 0) is 24.1 Å². The average molecular weight is 276 g/mol. The first-order valence-corrected chi connectivity index (χ1v) is 6.63. The van der Waals surface area contributed by atoms with Crippen LogP contribution in [-0.2, 0) is 13.2 Å². The number of nitrogens with zero attached hydrogens (tertiary/aromatic N) is 2. The lowest BCUT2D eigenvalue weighted by molar-refractivity contribution is 0.303. The molecule has 0 N–H and O–H groups in total. The number of rotatable bonds is 7. The molecule has 0 saturated heterocycles. The van der Waals surface area contributed by atoms with Crippen molar-refractivity contribution in [2.75, 3.05) is 14.2 Å². The standard InChI is InChI=1S/C15H20N2O3/c1-4-7-17-10-13(9-16-17)20-11-12-5-6-14(18-2)15(8-12)19-3/h5-6,8-10H,4,7,11H2,1-3H3. The highest BCUT2D eigenvalue weighted by atomic mass is 16.5. The molecule has 0 unspecified atom stereocenters. The molecule has 0 amide bonds. The summed E-state index contributed by atoms with van der Waals surface area (Å²) in [6, 6.07) is 5.74. The minimum absolute atomic E-state index is 0.470. The van der Waals surface area contributed by atoms with E-state index >= 15 is 0 Å². The predicted octanol–water partition coefficient (Wildman–Crippen LogP) is 2.89. The van der Waals surface area contributed by atoms with Crippen molar-refractivity contribution in [1.82, 2.24) is 9.78 Å². The third kappa shape index (κ3) is 3.44. The smallest absolute Gasteiger partial charge is 0.161 e. The Hall–Kier alpha value is -2.17. The van der Waals surface area contributed by atoms with E-state index in [1.807, 2.05) is 29.1 Å². The fourth-order valence-corrected chi connectivity index (χ4v) is 1.91. The summed E-state index contributed by atoms with van der Waals surface area (Å²) in [5, 5.41) is 4.23.